The van der Waals surface area contributed by atoms with E-state index >= 15 is 0 Å². The van der Waals surface area contributed by atoms with E-state index in [1.807, 2.05) is 6.92 Å². The van der Waals surface area contributed by atoms with Crippen LogP contribution in [-0.4, -0.2) is 16.7 Å². The molecule has 2 heterocycles. The Bertz CT molecular complexity index is 424. The van der Waals surface area contributed by atoms with Crippen LogP contribution in [0.2, 0.25) is 0 Å². The SMILES string of the molecule is Cc1noc(CCNC(C)c2cccs2)n1. The van der Waals surface area contributed by atoms with Gasteiger partial charge in [-0.1, -0.05) is 11.2 Å². The third-order valence-corrected chi connectivity index (χ3v) is 3.38. The fourth-order valence-electron chi connectivity index (χ4n) is 1.48. The van der Waals surface area contributed by atoms with Crippen molar-refractivity contribution in [2.24, 2.45) is 0 Å². The van der Waals surface area contributed by atoms with E-state index in [4.69, 9.17) is 4.52 Å². The lowest BCUT2D eigenvalue weighted by atomic mass is 10.2. The number of nitrogens with zero attached hydrogens (tertiary/aromatic N) is 2. The van der Waals surface area contributed by atoms with Gasteiger partial charge in [0.25, 0.3) is 0 Å². The molecule has 0 radical (unpaired) electrons. The summed E-state index contributed by atoms with van der Waals surface area (Å²) in [4.78, 5) is 5.50. The van der Waals surface area contributed by atoms with Crippen molar-refractivity contribution in [3.63, 3.8) is 0 Å². The average molecular weight is 237 g/mol. The molecule has 0 aliphatic rings. The lowest BCUT2D eigenvalue weighted by Crippen LogP contribution is -2.20. The smallest absolute Gasteiger partial charge is 0.227 e. The maximum Gasteiger partial charge on any atom is 0.227 e. The minimum absolute atomic E-state index is 0.379. The van der Waals surface area contributed by atoms with Gasteiger partial charge in [-0.05, 0) is 25.3 Å². The molecule has 0 saturated heterocycles. The molecule has 0 bridgehead atoms. The highest BCUT2D eigenvalue weighted by atomic mass is 32.1. The fourth-order valence-corrected chi connectivity index (χ4v) is 2.23. The van der Waals surface area contributed by atoms with E-state index in [0.717, 1.165) is 13.0 Å². The molecule has 1 atom stereocenters. The molecule has 2 aromatic rings. The van der Waals surface area contributed by atoms with E-state index in [2.05, 4.69) is 39.9 Å². The largest absolute Gasteiger partial charge is 0.339 e. The number of hydrogen-bond acceptors (Lipinski definition) is 5. The predicted octanol–water partition coefficient (Wildman–Crippen LogP) is 2.33. The minimum atomic E-state index is 0.379. The molecule has 0 amide bonds. The first-order chi connectivity index (χ1) is 7.75. The van der Waals surface area contributed by atoms with Crippen LogP contribution in [-0.2, 0) is 6.42 Å². The van der Waals surface area contributed by atoms with Gasteiger partial charge in [0.2, 0.25) is 5.89 Å². The number of nitrogens with one attached hydrogen (secondary N) is 1. The Balaban J connectivity index is 1.76. The molecule has 16 heavy (non-hydrogen) atoms. The van der Waals surface area contributed by atoms with Gasteiger partial charge in [-0.3, -0.25) is 0 Å². The molecular weight excluding hydrogens is 222 g/mol. The van der Waals surface area contributed by atoms with Crippen LogP contribution in [0.1, 0.15) is 29.6 Å². The fraction of sp³-hybridized carbons (Fsp3) is 0.455. The van der Waals surface area contributed by atoms with Crippen molar-refractivity contribution in [1.29, 1.82) is 0 Å². The molecule has 4 nitrogen and oxygen atoms in total. The van der Waals surface area contributed by atoms with Crippen LogP contribution in [0.5, 0.6) is 0 Å². The van der Waals surface area contributed by atoms with E-state index in [0.29, 0.717) is 17.8 Å². The summed E-state index contributed by atoms with van der Waals surface area (Å²) in [5.74, 6) is 1.39. The van der Waals surface area contributed by atoms with Crippen LogP contribution >= 0.6 is 11.3 Å². The first-order valence-electron chi connectivity index (χ1n) is 5.31. The molecule has 0 aliphatic carbocycles. The molecule has 5 heteroatoms. The summed E-state index contributed by atoms with van der Waals surface area (Å²) in [6, 6.07) is 4.59. The zero-order valence-corrected chi connectivity index (χ0v) is 10.3. The lowest BCUT2D eigenvalue weighted by Gasteiger charge is -2.10. The van der Waals surface area contributed by atoms with Gasteiger partial charge in [0.1, 0.15) is 0 Å². The molecule has 0 saturated carbocycles. The van der Waals surface area contributed by atoms with Crippen LogP contribution in [0.15, 0.2) is 22.0 Å². The number of hydrogen-bond donors (Lipinski definition) is 1. The highest BCUT2D eigenvalue weighted by molar-refractivity contribution is 7.10. The van der Waals surface area contributed by atoms with Crippen molar-refractivity contribution >= 4 is 11.3 Å². The van der Waals surface area contributed by atoms with Crippen molar-refractivity contribution in [2.75, 3.05) is 6.54 Å². The average Bonchev–Trinajstić information content (AvgIpc) is 2.89. The number of aryl methyl sites for hydroxylation is 1. The molecule has 0 aliphatic heterocycles. The molecule has 2 rings (SSSR count). The highest BCUT2D eigenvalue weighted by Gasteiger charge is 2.06. The Labute approximate surface area is 98.7 Å². The van der Waals surface area contributed by atoms with E-state index in [1.54, 1.807) is 11.3 Å². The number of rotatable bonds is 5. The van der Waals surface area contributed by atoms with Crippen molar-refractivity contribution in [3.05, 3.63) is 34.1 Å². The van der Waals surface area contributed by atoms with Crippen molar-refractivity contribution < 1.29 is 4.52 Å². The zero-order chi connectivity index (χ0) is 11.4. The van der Waals surface area contributed by atoms with Crippen LogP contribution < -0.4 is 5.32 Å². The van der Waals surface area contributed by atoms with Crippen LogP contribution in [0, 0.1) is 6.92 Å². The molecule has 0 aromatic carbocycles. The van der Waals surface area contributed by atoms with Gasteiger partial charge in [-0.25, -0.2) is 0 Å². The van der Waals surface area contributed by atoms with Crippen LogP contribution in [0.4, 0.5) is 0 Å². The first-order valence-corrected chi connectivity index (χ1v) is 6.19. The van der Waals surface area contributed by atoms with Crippen molar-refractivity contribution in [1.82, 2.24) is 15.5 Å². The Kier molecular flexibility index (Phi) is 3.69. The third kappa shape index (κ3) is 2.90. The molecule has 0 fully saturated rings. The maximum atomic E-state index is 5.04. The van der Waals surface area contributed by atoms with Gasteiger partial charge in [-0.2, -0.15) is 4.98 Å². The molecule has 1 unspecified atom stereocenters. The predicted molar refractivity (Wildman–Crippen MR) is 63.5 cm³/mol. The maximum absolute atomic E-state index is 5.04. The van der Waals surface area contributed by atoms with E-state index < -0.39 is 0 Å². The van der Waals surface area contributed by atoms with E-state index in [9.17, 15) is 0 Å². The Morgan fingerprint density at radius 3 is 3.06 bits per heavy atom. The van der Waals surface area contributed by atoms with E-state index in [-0.39, 0.29) is 0 Å². The van der Waals surface area contributed by atoms with Crippen molar-refractivity contribution in [3.8, 4) is 0 Å². The number of thiophene rings is 1. The summed E-state index contributed by atoms with van der Waals surface area (Å²) in [7, 11) is 0. The topological polar surface area (TPSA) is 51.0 Å². The van der Waals surface area contributed by atoms with Gasteiger partial charge in [0.05, 0.1) is 0 Å². The quantitative estimate of drug-likeness (QED) is 0.867. The molecule has 1 N–H and O–H groups in total. The molecule has 2 aromatic heterocycles. The Morgan fingerprint density at radius 1 is 1.56 bits per heavy atom. The number of aromatic nitrogens is 2. The van der Waals surface area contributed by atoms with Gasteiger partial charge >= 0.3 is 0 Å². The van der Waals surface area contributed by atoms with Gasteiger partial charge in [0.15, 0.2) is 5.82 Å². The Morgan fingerprint density at radius 2 is 2.44 bits per heavy atom. The summed E-state index contributed by atoms with van der Waals surface area (Å²) < 4.78 is 5.04. The second-order valence-corrected chi connectivity index (χ2v) is 4.66. The van der Waals surface area contributed by atoms with Gasteiger partial charge < -0.3 is 9.84 Å². The first kappa shape index (κ1) is 11.3. The van der Waals surface area contributed by atoms with Gasteiger partial charge in [0, 0.05) is 23.9 Å². The second-order valence-electron chi connectivity index (χ2n) is 3.68. The Hall–Kier alpha value is -1.20. The third-order valence-electron chi connectivity index (χ3n) is 2.33. The van der Waals surface area contributed by atoms with Crippen molar-refractivity contribution in [2.45, 2.75) is 26.3 Å². The monoisotopic (exact) mass is 237 g/mol. The van der Waals surface area contributed by atoms with Crippen LogP contribution in [0.25, 0.3) is 0 Å². The normalized spacial score (nSPS) is 12.9. The minimum Gasteiger partial charge on any atom is -0.339 e. The lowest BCUT2D eigenvalue weighted by molar-refractivity contribution is 0.370. The second kappa shape index (κ2) is 5.23. The standard InChI is InChI=1S/C11H15N3OS/c1-8(10-4-3-7-16-10)12-6-5-11-13-9(2)14-15-11/h3-4,7-8,12H,5-6H2,1-2H3. The summed E-state index contributed by atoms with van der Waals surface area (Å²) in [6.07, 6.45) is 0.774. The molecule has 86 valence electrons. The highest BCUT2D eigenvalue weighted by Crippen LogP contribution is 2.17. The summed E-state index contributed by atoms with van der Waals surface area (Å²) in [6.45, 7) is 4.83. The van der Waals surface area contributed by atoms with E-state index in [1.165, 1.54) is 4.88 Å². The van der Waals surface area contributed by atoms with Crippen LogP contribution in [0.3, 0.4) is 0 Å². The zero-order valence-electron chi connectivity index (χ0n) is 9.43. The summed E-state index contributed by atoms with van der Waals surface area (Å²) in [5, 5.41) is 9.27. The summed E-state index contributed by atoms with van der Waals surface area (Å²) >= 11 is 1.77. The molecule has 0 spiro atoms. The molecular formula is C11H15N3OS. The van der Waals surface area contributed by atoms with Gasteiger partial charge in [-0.15, -0.1) is 11.3 Å². The summed E-state index contributed by atoms with van der Waals surface area (Å²) in [5.41, 5.74) is 0.